The fourth-order valence-corrected chi connectivity index (χ4v) is 1.74. The van der Waals surface area contributed by atoms with E-state index in [4.69, 9.17) is 16.3 Å². The van der Waals surface area contributed by atoms with Gasteiger partial charge in [-0.2, -0.15) is 0 Å². The molecule has 0 aliphatic carbocycles. The Kier molecular flexibility index (Phi) is 5.11. The number of halogens is 3. The maximum absolute atomic E-state index is 12.9. The average molecular weight is 312 g/mol. The minimum Gasteiger partial charge on any atom is -0.484 e. The highest BCUT2D eigenvalue weighted by molar-refractivity contribution is 6.30. The Morgan fingerprint density at radius 1 is 1.14 bits per heavy atom. The Morgan fingerprint density at radius 2 is 1.86 bits per heavy atom. The summed E-state index contributed by atoms with van der Waals surface area (Å²) in [6.07, 6.45) is 0. The Bertz CT molecular complexity index is 632. The van der Waals surface area contributed by atoms with Crippen molar-refractivity contribution < 1.29 is 18.3 Å². The summed E-state index contributed by atoms with van der Waals surface area (Å²) >= 11 is 5.60. The molecule has 0 saturated carbocycles. The van der Waals surface area contributed by atoms with Gasteiger partial charge in [0, 0.05) is 12.6 Å². The van der Waals surface area contributed by atoms with E-state index in [0.717, 1.165) is 11.6 Å². The molecule has 2 rings (SSSR count). The van der Waals surface area contributed by atoms with Gasteiger partial charge >= 0.3 is 0 Å². The van der Waals surface area contributed by atoms with Gasteiger partial charge in [0.2, 0.25) is 0 Å². The lowest BCUT2D eigenvalue weighted by Crippen LogP contribution is -2.28. The summed E-state index contributed by atoms with van der Waals surface area (Å²) in [5.74, 6) is -0.926. The lowest BCUT2D eigenvalue weighted by Gasteiger charge is -2.08. The molecular formula is C15H12ClF2NO2. The van der Waals surface area contributed by atoms with Crippen molar-refractivity contribution in [2.45, 2.75) is 6.54 Å². The molecule has 1 amide bonds. The molecule has 0 fully saturated rings. The summed E-state index contributed by atoms with van der Waals surface area (Å²) < 4.78 is 30.8. The Labute approximate surface area is 125 Å². The van der Waals surface area contributed by atoms with E-state index in [9.17, 15) is 13.6 Å². The van der Waals surface area contributed by atoms with Crippen LogP contribution in [0, 0.1) is 11.6 Å². The number of benzene rings is 2. The first kappa shape index (κ1) is 15.3. The van der Waals surface area contributed by atoms with Gasteiger partial charge < -0.3 is 10.1 Å². The molecule has 0 aliphatic rings. The zero-order valence-electron chi connectivity index (χ0n) is 10.9. The molecule has 0 heterocycles. The molecule has 1 N–H and O–H groups in total. The summed E-state index contributed by atoms with van der Waals surface area (Å²) in [5.41, 5.74) is 0.773. The first-order valence-electron chi connectivity index (χ1n) is 6.13. The van der Waals surface area contributed by atoms with Crippen LogP contribution in [0.4, 0.5) is 8.78 Å². The van der Waals surface area contributed by atoms with E-state index < -0.39 is 5.82 Å². The molecule has 3 nitrogen and oxygen atoms in total. The summed E-state index contributed by atoms with van der Waals surface area (Å²) in [7, 11) is 0. The number of amides is 1. The second kappa shape index (κ2) is 7.04. The van der Waals surface area contributed by atoms with Crippen molar-refractivity contribution in [1.29, 1.82) is 0 Å². The molecule has 0 unspecified atom stereocenters. The Morgan fingerprint density at radius 3 is 2.52 bits per heavy atom. The van der Waals surface area contributed by atoms with Crippen molar-refractivity contribution in [3.63, 3.8) is 0 Å². The molecule has 0 aromatic heterocycles. The second-order valence-corrected chi connectivity index (χ2v) is 4.67. The first-order valence-corrected chi connectivity index (χ1v) is 6.51. The predicted molar refractivity (Wildman–Crippen MR) is 75.2 cm³/mol. The summed E-state index contributed by atoms with van der Waals surface area (Å²) in [6.45, 7) is 0.0514. The monoisotopic (exact) mass is 311 g/mol. The van der Waals surface area contributed by atoms with Crippen LogP contribution in [0.5, 0.6) is 5.75 Å². The average Bonchev–Trinajstić information content (AvgIpc) is 2.48. The topological polar surface area (TPSA) is 38.3 Å². The molecular weight excluding hydrogens is 300 g/mol. The van der Waals surface area contributed by atoms with Gasteiger partial charge in [0.05, 0.1) is 5.02 Å². The molecule has 6 heteroatoms. The van der Waals surface area contributed by atoms with E-state index in [1.54, 1.807) is 12.1 Å². The first-order chi connectivity index (χ1) is 10.0. The largest absolute Gasteiger partial charge is 0.484 e. The van der Waals surface area contributed by atoms with E-state index in [2.05, 4.69) is 5.32 Å². The molecule has 0 radical (unpaired) electrons. The molecule has 0 bridgehead atoms. The van der Waals surface area contributed by atoms with E-state index in [-0.39, 0.29) is 29.9 Å². The molecule has 0 atom stereocenters. The minimum absolute atomic E-state index is 0.0702. The van der Waals surface area contributed by atoms with Crippen molar-refractivity contribution in [2.75, 3.05) is 6.61 Å². The number of nitrogens with one attached hydrogen (secondary N) is 1. The molecule has 21 heavy (non-hydrogen) atoms. The second-order valence-electron chi connectivity index (χ2n) is 4.27. The number of hydrogen-bond acceptors (Lipinski definition) is 2. The third-order valence-corrected chi connectivity index (χ3v) is 2.95. The van der Waals surface area contributed by atoms with Gasteiger partial charge in [0.1, 0.15) is 17.4 Å². The van der Waals surface area contributed by atoms with Crippen LogP contribution in [0.15, 0.2) is 42.5 Å². The van der Waals surface area contributed by atoms with Crippen LogP contribution in [0.3, 0.4) is 0 Å². The van der Waals surface area contributed by atoms with E-state index in [1.807, 2.05) is 0 Å². The Balaban J connectivity index is 1.79. The maximum Gasteiger partial charge on any atom is 0.258 e. The molecule has 0 saturated heterocycles. The highest BCUT2D eigenvalue weighted by Gasteiger charge is 2.05. The smallest absolute Gasteiger partial charge is 0.258 e. The molecule has 2 aromatic rings. The summed E-state index contributed by atoms with van der Waals surface area (Å²) in [4.78, 5) is 11.6. The fraction of sp³-hybridized carbons (Fsp3) is 0.133. The number of ether oxygens (including phenoxy) is 1. The van der Waals surface area contributed by atoms with Gasteiger partial charge in [0.15, 0.2) is 6.61 Å². The highest BCUT2D eigenvalue weighted by atomic mass is 35.5. The third-order valence-electron chi connectivity index (χ3n) is 2.66. The van der Waals surface area contributed by atoms with Crippen molar-refractivity contribution in [2.24, 2.45) is 0 Å². The van der Waals surface area contributed by atoms with Crippen molar-refractivity contribution in [1.82, 2.24) is 5.32 Å². The SMILES string of the molecule is O=C(COc1ccc(F)c(Cl)c1)NCc1ccc(F)cc1. The van der Waals surface area contributed by atoms with Gasteiger partial charge in [-0.3, -0.25) is 4.79 Å². The number of hydrogen-bond donors (Lipinski definition) is 1. The molecule has 2 aromatic carbocycles. The van der Waals surface area contributed by atoms with Gasteiger partial charge in [-0.1, -0.05) is 23.7 Å². The van der Waals surface area contributed by atoms with Crippen LogP contribution in [0.2, 0.25) is 5.02 Å². The zero-order chi connectivity index (χ0) is 15.2. The van der Waals surface area contributed by atoms with Gasteiger partial charge in [-0.05, 0) is 29.8 Å². The van der Waals surface area contributed by atoms with Crippen LogP contribution in [0.25, 0.3) is 0 Å². The van der Waals surface area contributed by atoms with Crippen LogP contribution >= 0.6 is 11.6 Å². The lowest BCUT2D eigenvalue weighted by atomic mass is 10.2. The standard InChI is InChI=1S/C15H12ClF2NO2/c16-13-7-12(5-6-14(13)18)21-9-15(20)19-8-10-1-3-11(17)4-2-10/h1-7H,8-9H2,(H,19,20). The normalized spacial score (nSPS) is 10.2. The van der Waals surface area contributed by atoms with Crippen molar-refractivity contribution in [3.05, 3.63) is 64.7 Å². The predicted octanol–water partition coefficient (Wildman–Crippen LogP) is 3.31. The van der Waals surface area contributed by atoms with Gasteiger partial charge in [0.25, 0.3) is 5.91 Å². The lowest BCUT2D eigenvalue weighted by molar-refractivity contribution is -0.123. The Hall–Kier alpha value is -2.14. The van der Waals surface area contributed by atoms with E-state index >= 15 is 0 Å². The van der Waals surface area contributed by atoms with Crippen molar-refractivity contribution >= 4 is 17.5 Å². The summed E-state index contributed by atoms with van der Waals surface area (Å²) in [5, 5.41) is 2.55. The highest BCUT2D eigenvalue weighted by Crippen LogP contribution is 2.20. The van der Waals surface area contributed by atoms with Crippen LogP contribution < -0.4 is 10.1 Å². The summed E-state index contributed by atoms with van der Waals surface area (Å²) in [6, 6.07) is 9.64. The van der Waals surface area contributed by atoms with E-state index in [1.165, 1.54) is 24.3 Å². The van der Waals surface area contributed by atoms with E-state index in [0.29, 0.717) is 5.75 Å². The molecule has 0 aliphatic heterocycles. The fourth-order valence-electron chi connectivity index (χ4n) is 1.57. The molecule has 110 valence electrons. The van der Waals surface area contributed by atoms with Crippen LogP contribution in [-0.2, 0) is 11.3 Å². The minimum atomic E-state index is -0.551. The third kappa shape index (κ3) is 4.72. The number of rotatable bonds is 5. The number of carbonyl (C=O) groups is 1. The van der Waals surface area contributed by atoms with Crippen LogP contribution in [-0.4, -0.2) is 12.5 Å². The van der Waals surface area contributed by atoms with Crippen LogP contribution in [0.1, 0.15) is 5.56 Å². The van der Waals surface area contributed by atoms with Gasteiger partial charge in [-0.25, -0.2) is 8.78 Å². The van der Waals surface area contributed by atoms with Gasteiger partial charge in [-0.15, -0.1) is 0 Å². The number of carbonyl (C=O) groups excluding carboxylic acids is 1. The quantitative estimate of drug-likeness (QED) is 0.920. The zero-order valence-corrected chi connectivity index (χ0v) is 11.7. The van der Waals surface area contributed by atoms with Crippen molar-refractivity contribution in [3.8, 4) is 5.75 Å². The maximum atomic E-state index is 12.9. The molecule has 0 spiro atoms.